The highest BCUT2D eigenvalue weighted by atomic mass is 16.8. The van der Waals surface area contributed by atoms with Crippen LogP contribution in [0.3, 0.4) is 0 Å². The predicted molar refractivity (Wildman–Crippen MR) is 69.5 cm³/mol. The Labute approximate surface area is 122 Å². The highest BCUT2D eigenvalue weighted by Gasteiger charge is 2.37. The number of ether oxygens (including phenoxy) is 1. The molecule has 0 aromatic carbocycles. The molecule has 2 atom stereocenters. The average molecular weight is 303 g/mol. The zero-order valence-electron chi connectivity index (χ0n) is 12.6. The van der Waals surface area contributed by atoms with Crippen LogP contribution in [0.4, 0.5) is 0 Å². The summed E-state index contributed by atoms with van der Waals surface area (Å²) < 4.78 is 4.95. The third-order valence-corrected chi connectivity index (χ3v) is 2.88. The van der Waals surface area contributed by atoms with Gasteiger partial charge in [0.15, 0.2) is 6.04 Å². The van der Waals surface area contributed by atoms with Crippen molar-refractivity contribution in [1.82, 2.24) is 5.01 Å². The maximum Gasteiger partial charge on any atom is 0.332 e. The van der Waals surface area contributed by atoms with Crippen molar-refractivity contribution < 1.29 is 29.2 Å². The van der Waals surface area contributed by atoms with Gasteiger partial charge in [-0.05, 0) is 33.6 Å². The second-order valence-electron chi connectivity index (χ2n) is 5.82. The molecule has 120 valence electrons. The Morgan fingerprint density at radius 2 is 2.10 bits per heavy atom. The van der Waals surface area contributed by atoms with Gasteiger partial charge in [-0.1, -0.05) is 0 Å². The number of carbonyl (C=O) groups excluding carboxylic acids is 1. The summed E-state index contributed by atoms with van der Waals surface area (Å²) in [6.45, 7) is 6.74. The first-order valence-corrected chi connectivity index (χ1v) is 6.67. The van der Waals surface area contributed by atoms with Gasteiger partial charge >= 0.3 is 11.9 Å². The van der Waals surface area contributed by atoms with Crippen molar-refractivity contribution in [2.24, 2.45) is 10.7 Å². The van der Waals surface area contributed by atoms with Crippen molar-refractivity contribution in [2.75, 3.05) is 6.54 Å². The van der Waals surface area contributed by atoms with E-state index in [-0.39, 0.29) is 11.5 Å². The summed E-state index contributed by atoms with van der Waals surface area (Å²) in [4.78, 5) is 27.4. The van der Waals surface area contributed by atoms with Crippen molar-refractivity contribution in [3.05, 3.63) is 5.21 Å². The normalized spacial score (nSPS) is 21.0. The Kier molecular flexibility index (Phi) is 5.34. The van der Waals surface area contributed by atoms with Crippen LogP contribution in [0, 0.1) is 10.6 Å². The number of carboxylic acids is 1. The van der Waals surface area contributed by atoms with E-state index in [1.54, 1.807) is 20.8 Å². The van der Waals surface area contributed by atoms with Crippen LogP contribution in [0.25, 0.3) is 0 Å². The van der Waals surface area contributed by atoms with Crippen LogP contribution in [0.15, 0.2) is 5.28 Å². The molecule has 0 amide bonds. The number of rotatable bonds is 5. The van der Waals surface area contributed by atoms with Crippen LogP contribution in [0.2, 0.25) is 0 Å². The van der Waals surface area contributed by atoms with Crippen LogP contribution in [-0.2, 0) is 19.2 Å². The number of nitrogens with zero attached hydrogens (tertiary/aromatic N) is 3. The third-order valence-electron chi connectivity index (χ3n) is 2.88. The molecule has 0 radical (unpaired) electrons. The Morgan fingerprint density at radius 1 is 1.48 bits per heavy atom. The van der Waals surface area contributed by atoms with Crippen LogP contribution < -0.4 is 0 Å². The van der Waals surface area contributed by atoms with E-state index >= 15 is 0 Å². The second kappa shape index (κ2) is 6.59. The van der Waals surface area contributed by atoms with Crippen molar-refractivity contribution in [2.45, 2.75) is 52.9 Å². The Bertz CT molecular complexity index is 431. The van der Waals surface area contributed by atoms with E-state index in [0.717, 1.165) is 5.01 Å². The van der Waals surface area contributed by atoms with Gasteiger partial charge in [-0.3, -0.25) is 9.63 Å². The van der Waals surface area contributed by atoms with Gasteiger partial charge in [0.1, 0.15) is 0 Å². The number of aliphatic carboxylic acids is 1. The number of hydrazine groups is 1. The molecule has 1 saturated heterocycles. The molecule has 9 heteroatoms. The summed E-state index contributed by atoms with van der Waals surface area (Å²) >= 11 is 0. The molecule has 1 aliphatic heterocycles. The maximum atomic E-state index is 11.7. The first-order valence-electron chi connectivity index (χ1n) is 6.67. The molecule has 1 fully saturated rings. The van der Waals surface area contributed by atoms with Gasteiger partial charge in [0.2, 0.25) is 5.28 Å². The summed E-state index contributed by atoms with van der Waals surface area (Å²) in [6.07, 6.45) is -0.0862. The van der Waals surface area contributed by atoms with Gasteiger partial charge in [0, 0.05) is 6.92 Å². The van der Waals surface area contributed by atoms with Gasteiger partial charge < -0.3 is 15.1 Å². The molecule has 1 aliphatic rings. The summed E-state index contributed by atoms with van der Waals surface area (Å²) in [5, 5.41) is 24.9. The minimum atomic E-state index is -1.09. The summed E-state index contributed by atoms with van der Waals surface area (Å²) in [7, 11) is 0. The van der Waals surface area contributed by atoms with Gasteiger partial charge in [-0.25, -0.2) is 4.79 Å². The topological polar surface area (TPSA) is 114 Å². The first kappa shape index (κ1) is 17.0. The van der Waals surface area contributed by atoms with Crippen LogP contribution in [-0.4, -0.2) is 45.9 Å². The Morgan fingerprint density at radius 3 is 2.62 bits per heavy atom. The van der Waals surface area contributed by atoms with E-state index in [4.69, 9.17) is 14.7 Å². The predicted octanol–water partition coefficient (Wildman–Crippen LogP) is 1.28. The molecule has 21 heavy (non-hydrogen) atoms. The van der Waals surface area contributed by atoms with Gasteiger partial charge in [0.25, 0.3) is 6.29 Å². The van der Waals surface area contributed by atoms with Crippen LogP contribution in [0.1, 0.15) is 40.5 Å². The molecule has 1 N–H and O–H groups in total. The Balaban J connectivity index is 2.55. The average Bonchev–Trinajstić information content (AvgIpc) is 2.84. The minimum absolute atomic E-state index is 0.0905. The number of hydrogen-bond acceptors (Lipinski definition) is 6. The number of hydrogen-bond donors (Lipinski definition) is 1. The monoisotopic (exact) mass is 303 g/mol. The molecular formula is C12H21N3O6. The molecular weight excluding hydrogens is 282 g/mol. The van der Waals surface area contributed by atoms with Gasteiger partial charge in [0.05, 0.1) is 16.9 Å². The second-order valence-corrected chi connectivity index (χ2v) is 5.82. The van der Waals surface area contributed by atoms with E-state index in [1.807, 2.05) is 0 Å². The maximum absolute atomic E-state index is 11.7. The standard InChI is InChI=1S/C12H21N3O6/c1-8(20-11(18)12(2,3)4)21-13-15(19)14-7-5-6-9(14)10(16)17/h8-9H,5-7H2,1-4H3,(H,16,17)/t8?,9-/m0/s1. The number of carbonyl (C=O) groups is 2. The van der Waals surface area contributed by atoms with Crippen molar-refractivity contribution in [3.63, 3.8) is 0 Å². The van der Waals surface area contributed by atoms with Gasteiger partial charge in [-0.15, -0.1) is 5.01 Å². The third kappa shape index (κ3) is 4.76. The van der Waals surface area contributed by atoms with Crippen LogP contribution in [0.5, 0.6) is 0 Å². The molecule has 0 aromatic heterocycles. The lowest BCUT2D eigenvalue weighted by Gasteiger charge is -2.19. The largest absolute Gasteiger partial charge is 0.569 e. The lowest BCUT2D eigenvalue weighted by atomic mass is 9.97. The van der Waals surface area contributed by atoms with Gasteiger partial charge in [-0.2, -0.15) is 0 Å². The number of carboxylic acid groups (broad SMARTS) is 1. The van der Waals surface area contributed by atoms with E-state index in [0.29, 0.717) is 12.8 Å². The molecule has 1 unspecified atom stereocenters. The molecule has 0 aromatic rings. The summed E-state index contributed by atoms with van der Waals surface area (Å²) in [5.41, 5.74) is -0.696. The van der Waals surface area contributed by atoms with E-state index in [9.17, 15) is 14.8 Å². The molecule has 1 rings (SSSR count). The summed E-state index contributed by atoms with van der Waals surface area (Å²) in [5.74, 6) is -1.58. The zero-order valence-corrected chi connectivity index (χ0v) is 12.6. The fourth-order valence-corrected chi connectivity index (χ4v) is 1.71. The lowest BCUT2D eigenvalue weighted by Crippen LogP contribution is -2.40. The first-order chi connectivity index (χ1) is 9.62. The quantitative estimate of drug-likeness (QED) is 0.267. The smallest absolute Gasteiger partial charge is 0.332 e. The summed E-state index contributed by atoms with van der Waals surface area (Å²) in [6, 6.07) is -0.915. The fourth-order valence-electron chi connectivity index (χ4n) is 1.71. The molecule has 9 nitrogen and oxygen atoms in total. The highest BCUT2D eigenvalue weighted by molar-refractivity contribution is 5.75. The zero-order chi connectivity index (χ0) is 16.2. The SMILES string of the molecule is CC(ON=[N+]([O-])N1CCC[C@H]1C(=O)O)OC(=O)C(C)(C)C. The Hall–Kier alpha value is -2.06. The van der Waals surface area contributed by atoms with E-state index in [1.165, 1.54) is 6.92 Å². The molecule has 0 bridgehead atoms. The number of esters is 1. The van der Waals surface area contributed by atoms with Crippen LogP contribution >= 0.6 is 0 Å². The fraction of sp³-hybridized carbons (Fsp3) is 0.833. The minimum Gasteiger partial charge on any atom is -0.569 e. The van der Waals surface area contributed by atoms with Crippen molar-refractivity contribution >= 4 is 11.9 Å². The van der Waals surface area contributed by atoms with Crippen molar-refractivity contribution in [3.8, 4) is 0 Å². The molecule has 0 aliphatic carbocycles. The molecule has 0 saturated carbocycles. The molecule has 0 spiro atoms. The van der Waals surface area contributed by atoms with Crippen molar-refractivity contribution in [1.29, 1.82) is 0 Å². The van der Waals surface area contributed by atoms with E-state index < -0.39 is 29.7 Å². The lowest BCUT2D eigenvalue weighted by molar-refractivity contribution is -0.714. The van der Waals surface area contributed by atoms with E-state index in [2.05, 4.69) is 5.28 Å². The highest BCUT2D eigenvalue weighted by Crippen LogP contribution is 2.18. The molecule has 1 heterocycles.